The monoisotopic (exact) mass is 409 g/mol. The summed E-state index contributed by atoms with van der Waals surface area (Å²) in [7, 11) is 9.78. The van der Waals surface area contributed by atoms with Crippen molar-refractivity contribution in [3.63, 3.8) is 0 Å². The van der Waals surface area contributed by atoms with E-state index in [0.29, 0.717) is 5.75 Å². The van der Waals surface area contributed by atoms with E-state index < -0.39 is 17.0 Å². The number of hydrogen-bond donors (Lipinski definition) is 1. The molecule has 0 spiro atoms. The van der Waals surface area contributed by atoms with Gasteiger partial charge in [-0.3, -0.25) is 0 Å². The summed E-state index contributed by atoms with van der Waals surface area (Å²) in [6, 6.07) is 5.91. The fraction of sp³-hybridized carbons (Fsp3) is 0.650. The van der Waals surface area contributed by atoms with Crippen LogP contribution in [0.3, 0.4) is 0 Å². The van der Waals surface area contributed by atoms with Gasteiger partial charge in [0.15, 0.2) is 0 Å². The molecule has 24 heavy (non-hydrogen) atoms. The molecule has 0 radical (unpaired) electrons. The molecule has 0 amide bonds. The van der Waals surface area contributed by atoms with Gasteiger partial charge in [0.25, 0.3) is 0 Å². The van der Waals surface area contributed by atoms with E-state index in [1.165, 1.54) is 43.2 Å². The Labute approximate surface area is 167 Å². The van der Waals surface area contributed by atoms with Gasteiger partial charge in [-0.15, -0.1) is 0 Å². The van der Waals surface area contributed by atoms with E-state index in [9.17, 15) is 5.11 Å². The Balaban J connectivity index is 0. The van der Waals surface area contributed by atoms with Crippen molar-refractivity contribution in [2.24, 2.45) is 0 Å². The van der Waals surface area contributed by atoms with Crippen LogP contribution in [0.2, 0.25) is 0 Å². The van der Waals surface area contributed by atoms with Crippen molar-refractivity contribution in [1.29, 1.82) is 0 Å². The van der Waals surface area contributed by atoms with Crippen molar-refractivity contribution in [2.75, 3.05) is 0 Å². The molecule has 1 aliphatic rings. The fourth-order valence-electron chi connectivity index (χ4n) is 2.36. The van der Waals surface area contributed by atoms with Crippen LogP contribution in [0.1, 0.15) is 84.8 Å². The van der Waals surface area contributed by atoms with Gasteiger partial charge in [0.1, 0.15) is 5.75 Å². The predicted octanol–water partition coefficient (Wildman–Crippen LogP) is 7.76. The second-order valence-corrected chi connectivity index (χ2v) is 10.7. The minimum atomic E-state index is -0.556. The molecule has 1 aromatic rings. The number of aromatic hydroxyl groups is 1. The zero-order valence-electron chi connectivity index (χ0n) is 16.5. The Morgan fingerprint density at radius 3 is 1.21 bits per heavy atom. The summed E-state index contributed by atoms with van der Waals surface area (Å²) in [5, 5.41) is 9.72. The molecular formula is C20H35Cl2OTi-. The van der Waals surface area contributed by atoms with Crippen molar-refractivity contribution in [2.45, 2.75) is 84.5 Å². The van der Waals surface area contributed by atoms with E-state index in [0.717, 1.165) is 0 Å². The summed E-state index contributed by atoms with van der Waals surface area (Å²) < 4.78 is 0. The van der Waals surface area contributed by atoms with Crippen LogP contribution in [0.15, 0.2) is 18.2 Å². The average Bonchev–Trinajstić information content (AvgIpc) is 2.96. The molecule has 1 saturated carbocycles. The molecule has 1 nitrogen and oxygen atoms in total. The second kappa shape index (κ2) is 12.6. The SMILES string of the molecule is C1CCCC1.CC(C)(C)c1cc(O)cc(C(C)(C)C)c1.[CH3-].[Cl][Ti][Cl]. The van der Waals surface area contributed by atoms with Crippen molar-refractivity contribution in [1.82, 2.24) is 0 Å². The van der Waals surface area contributed by atoms with Crippen LogP contribution in [0, 0.1) is 7.43 Å². The molecule has 140 valence electrons. The number of halogens is 2. The van der Waals surface area contributed by atoms with Crippen molar-refractivity contribution >= 4 is 18.6 Å². The van der Waals surface area contributed by atoms with E-state index >= 15 is 0 Å². The Morgan fingerprint density at radius 2 is 1.00 bits per heavy atom. The minimum absolute atomic E-state index is 0. The fourth-order valence-corrected chi connectivity index (χ4v) is 2.36. The van der Waals surface area contributed by atoms with E-state index in [4.69, 9.17) is 18.6 Å². The Hall–Kier alpha value is 0.314. The second-order valence-electron chi connectivity index (χ2n) is 8.11. The Kier molecular flexibility index (Phi) is 14.0. The first kappa shape index (κ1) is 26.5. The van der Waals surface area contributed by atoms with Crippen LogP contribution in [0.4, 0.5) is 0 Å². The number of benzene rings is 1. The molecule has 0 bridgehead atoms. The van der Waals surface area contributed by atoms with Crippen LogP contribution < -0.4 is 0 Å². The maximum atomic E-state index is 9.72. The summed E-state index contributed by atoms with van der Waals surface area (Å²) >= 11 is -0.556. The molecule has 1 fully saturated rings. The number of rotatable bonds is 0. The van der Waals surface area contributed by atoms with Gasteiger partial charge >= 0.3 is 35.6 Å². The van der Waals surface area contributed by atoms with Crippen molar-refractivity contribution in [3.05, 3.63) is 36.8 Å². The molecule has 0 aromatic heterocycles. The molecule has 0 saturated heterocycles. The normalized spacial score (nSPS) is 13.7. The molecule has 2 rings (SSSR count). The van der Waals surface area contributed by atoms with E-state index in [2.05, 4.69) is 47.6 Å². The zero-order chi connectivity index (χ0) is 18.1. The van der Waals surface area contributed by atoms with E-state index in [1.54, 1.807) is 0 Å². The molecular weight excluding hydrogens is 375 g/mol. The third-order valence-corrected chi connectivity index (χ3v) is 3.90. The van der Waals surface area contributed by atoms with Crippen LogP contribution in [-0.2, 0) is 27.9 Å². The summed E-state index contributed by atoms with van der Waals surface area (Å²) in [6.45, 7) is 13.0. The van der Waals surface area contributed by atoms with Gasteiger partial charge in [0.05, 0.1) is 0 Å². The third-order valence-electron chi connectivity index (χ3n) is 3.90. The molecule has 1 N–H and O–H groups in total. The molecule has 1 aromatic carbocycles. The Bertz CT molecular complexity index is 404. The van der Waals surface area contributed by atoms with Crippen molar-refractivity contribution < 1.29 is 22.1 Å². The van der Waals surface area contributed by atoms with E-state index in [1.807, 2.05) is 12.1 Å². The quantitative estimate of drug-likeness (QED) is 0.342. The van der Waals surface area contributed by atoms with Gasteiger partial charge in [-0.05, 0) is 34.1 Å². The zero-order valence-corrected chi connectivity index (χ0v) is 19.5. The predicted molar refractivity (Wildman–Crippen MR) is 107 cm³/mol. The van der Waals surface area contributed by atoms with Crippen LogP contribution >= 0.6 is 18.6 Å². The number of phenolic OH excluding ortho intramolecular Hbond substituents is 1. The van der Waals surface area contributed by atoms with E-state index in [-0.39, 0.29) is 18.3 Å². The number of hydrogen-bond acceptors (Lipinski definition) is 1. The van der Waals surface area contributed by atoms with Crippen LogP contribution in [0.25, 0.3) is 0 Å². The first-order valence-corrected chi connectivity index (χ1v) is 12.6. The van der Waals surface area contributed by atoms with Gasteiger partial charge in [0, 0.05) is 0 Å². The molecule has 0 unspecified atom stereocenters. The van der Waals surface area contributed by atoms with Gasteiger partial charge in [0.2, 0.25) is 0 Å². The Morgan fingerprint density at radius 1 is 0.750 bits per heavy atom. The molecule has 1 aliphatic carbocycles. The molecule has 0 atom stereocenters. The third kappa shape index (κ3) is 11.8. The standard InChI is InChI=1S/C14H22O.C5H10.CH3.2ClH.Ti/c1-13(2,3)10-7-11(14(4,5)6)9-12(15)8-10;1-2-4-5-3-1;;;;/h7-9,15H,1-6H3;1-5H2;1H3;2*1H;/q;;-1;;;+2/p-2. The average molecular weight is 410 g/mol. The van der Waals surface area contributed by atoms with Crippen LogP contribution in [0.5, 0.6) is 5.75 Å². The summed E-state index contributed by atoms with van der Waals surface area (Å²) in [4.78, 5) is 0. The molecule has 0 heterocycles. The summed E-state index contributed by atoms with van der Waals surface area (Å²) in [5.41, 5.74) is 2.54. The maximum absolute atomic E-state index is 9.72. The summed E-state index contributed by atoms with van der Waals surface area (Å²) in [6.07, 6.45) is 7.50. The first-order chi connectivity index (χ1) is 10.5. The van der Waals surface area contributed by atoms with Gasteiger partial charge in [-0.25, -0.2) is 0 Å². The van der Waals surface area contributed by atoms with Gasteiger partial charge in [-0.2, -0.15) is 0 Å². The van der Waals surface area contributed by atoms with Crippen molar-refractivity contribution in [3.8, 4) is 5.75 Å². The molecule has 0 aliphatic heterocycles. The number of phenols is 1. The first-order valence-electron chi connectivity index (χ1n) is 8.33. The summed E-state index contributed by atoms with van der Waals surface area (Å²) in [5.74, 6) is 0.368. The van der Waals surface area contributed by atoms with Gasteiger partial charge < -0.3 is 12.5 Å². The topological polar surface area (TPSA) is 20.2 Å². The van der Waals surface area contributed by atoms with Crippen LogP contribution in [-0.4, -0.2) is 5.11 Å². The molecule has 4 heteroatoms. The van der Waals surface area contributed by atoms with Gasteiger partial charge in [-0.1, -0.05) is 79.7 Å².